The van der Waals surface area contributed by atoms with Gasteiger partial charge in [-0.25, -0.2) is 4.68 Å². The van der Waals surface area contributed by atoms with E-state index in [4.69, 9.17) is 5.11 Å². The van der Waals surface area contributed by atoms with Gasteiger partial charge in [-0.15, -0.1) is 5.10 Å². The fourth-order valence-corrected chi connectivity index (χ4v) is 2.58. The van der Waals surface area contributed by atoms with E-state index in [0.29, 0.717) is 11.7 Å². The normalized spacial score (nSPS) is 16.1. The average Bonchev–Trinajstić information content (AvgIpc) is 3.14. The van der Waals surface area contributed by atoms with Gasteiger partial charge in [0.15, 0.2) is 5.82 Å². The number of aliphatic carboxylic acids is 1. The van der Waals surface area contributed by atoms with E-state index in [1.807, 2.05) is 24.3 Å². The Morgan fingerprint density at radius 2 is 2.10 bits per heavy atom. The molecule has 0 spiro atoms. The third-order valence-electron chi connectivity index (χ3n) is 3.46. The van der Waals surface area contributed by atoms with Gasteiger partial charge in [-0.05, 0) is 41.3 Å². The molecule has 1 saturated carbocycles. The highest BCUT2D eigenvalue weighted by atomic mass is 79.9. The predicted molar refractivity (Wildman–Crippen MR) is 75.0 cm³/mol. The summed E-state index contributed by atoms with van der Waals surface area (Å²) in [5.41, 5.74) is 0.884. The van der Waals surface area contributed by atoms with Crippen molar-refractivity contribution in [3.63, 3.8) is 0 Å². The van der Waals surface area contributed by atoms with E-state index in [2.05, 4.69) is 31.5 Å². The molecule has 1 aliphatic rings. The van der Waals surface area contributed by atoms with Crippen molar-refractivity contribution in [2.75, 3.05) is 0 Å². The highest BCUT2D eigenvalue weighted by Crippen LogP contribution is 2.42. The zero-order valence-corrected chi connectivity index (χ0v) is 12.2. The van der Waals surface area contributed by atoms with E-state index in [1.54, 1.807) is 4.68 Å². The number of benzene rings is 1. The van der Waals surface area contributed by atoms with Crippen molar-refractivity contribution in [1.82, 2.24) is 20.2 Å². The molecule has 0 bridgehead atoms. The van der Waals surface area contributed by atoms with E-state index in [0.717, 1.165) is 22.9 Å². The van der Waals surface area contributed by atoms with Gasteiger partial charge >= 0.3 is 5.97 Å². The Hall–Kier alpha value is -1.76. The number of rotatable bonds is 5. The van der Waals surface area contributed by atoms with Gasteiger partial charge in [0.25, 0.3) is 0 Å². The van der Waals surface area contributed by atoms with E-state index in [-0.39, 0.29) is 12.5 Å². The van der Waals surface area contributed by atoms with Crippen LogP contribution < -0.4 is 0 Å². The minimum Gasteiger partial charge on any atom is -0.481 e. The molecule has 1 aromatic heterocycles. The first-order valence-corrected chi connectivity index (χ1v) is 7.20. The van der Waals surface area contributed by atoms with Crippen LogP contribution in [0.5, 0.6) is 0 Å². The Morgan fingerprint density at radius 1 is 1.40 bits per heavy atom. The first-order valence-electron chi connectivity index (χ1n) is 6.41. The minimum atomic E-state index is -0.820. The number of hydrogen-bond donors (Lipinski definition) is 1. The lowest BCUT2D eigenvalue weighted by molar-refractivity contribution is -0.138. The van der Waals surface area contributed by atoms with Gasteiger partial charge in [0.05, 0.1) is 12.5 Å². The smallest absolute Gasteiger partial charge is 0.305 e. The monoisotopic (exact) mass is 336 g/mol. The molecule has 0 amide bonds. The molecule has 0 saturated heterocycles. The number of hydrogen-bond acceptors (Lipinski definition) is 4. The first-order chi connectivity index (χ1) is 9.65. The van der Waals surface area contributed by atoms with Crippen molar-refractivity contribution in [3.8, 4) is 11.4 Å². The summed E-state index contributed by atoms with van der Waals surface area (Å²) in [7, 11) is 0. The Balaban J connectivity index is 1.95. The maximum absolute atomic E-state index is 11.0. The molecule has 2 aromatic rings. The molecule has 1 unspecified atom stereocenters. The standard InChI is InChI=1S/C13H13BrN4O2/c14-10-5-3-9(4-6-10)13-15-16-17-18(13)11(7-12(19)20)8-1-2-8/h3-6,8,11H,1-2,7H2,(H,19,20). The van der Waals surface area contributed by atoms with E-state index < -0.39 is 5.97 Å². The fraction of sp³-hybridized carbons (Fsp3) is 0.385. The zero-order chi connectivity index (χ0) is 14.1. The molecule has 0 radical (unpaired) electrons. The topological polar surface area (TPSA) is 80.9 Å². The van der Waals surface area contributed by atoms with Crippen LogP contribution in [0, 0.1) is 5.92 Å². The molecule has 7 heteroatoms. The second-order valence-corrected chi connectivity index (χ2v) is 5.87. The summed E-state index contributed by atoms with van der Waals surface area (Å²) < 4.78 is 2.64. The van der Waals surface area contributed by atoms with E-state index in [9.17, 15) is 4.79 Å². The van der Waals surface area contributed by atoms with Crippen molar-refractivity contribution >= 4 is 21.9 Å². The van der Waals surface area contributed by atoms with Crippen LogP contribution in [0.4, 0.5) is 0 Å². The van der Waals surface area contributed by atoms with Crippen molar-refractivity contribution in [3.05, 3.63) is 28.7 Å². The molecular formula is C13H13BrN4O2. The molecule has 1 heterocycles. The number of carboxylic acids is 1. The van der Waals surface area contributed by atoms with Crippen molar-refractivity contribution in [1.29, 1.82) is 0 Å². The average molecular weight is 337 g/mol. The molecule has 1 N–H and O–H groups in total. The summed E-state index contributed by atoms with van der Waals surface area (Å²) in [6.07, 6.45) is 2.13. The lowest BCUT2D eigenvalue weighted by Crippen LogP contribution is -2.18. The minimum absolute atomic E-state index is 0.0548. The van der Waals surface area contributed by atoms with E-state index in [1.165, 1.54) is 0 Å². The van der Waals surface area contributed by atoms with Crippen molar-refractivity contribution in [2.45, 2.75) is 25.3 Å². The van der Waals surface area contributed by atoms with Crippen LogP contribution in [-0.4, -0.2) is 31.3 Å². The highest BCUT2D eigenvalue weighted by molar-refractivity contribution is 9.10. The van der Waals surface area contributed by atoms with E-state index >= 15 is 0 Å². The summed E-state index contributed by atoms with van der Waals surface area (Å²) in [6.45, 7) is 0. The first kappa shape index (κ1) is 13.2. The van der Waals surface area contributed by atoms with Gasteiger partial charge in [-0.2, -0.15) is 0 Å². The summed E-state index contributed by atoms with van der Waals surface area (Å²) in [5.74, 6) is 0.165. The SMILES string of the molecule is O=C(O)CC(C1CC1)n1nnnc1-c1ccc(Br)cc1. The second kappa shape index (κ2) is 5.32. The number of halogens is 1. The lowest BCUT2D eigenvalue weighted by Gasteiger charge is -2.15. The Labute approximate surface area is 123 Å². The largest absolute Gasteiger partial charge is 0.481 e. The van der Waals surface area contributed by atoms with Gasteiger partial charge in [-0.3, -0.25) is 4.79 Å². The Morgan fingerprint density at radius 3 is 2.70 bits per heavy atom. The molecule has 20 heavy (non-hydrogen) atoms. The maximum atomic E-state index is 11.0. The third-order valence-corrected chi connectivity index (χ3v) is 3.99. The predicted octanol–water partition coefficient (Wildman–Crippen LogP) is 2.53. The molecule has 104 valence electrons. The molecule has 6 nitrogen and oxygen atoms in total. The number of aromatic nitrogens is 4. The second-order valence-electron chi connectivity index (χ2n) is 4.96. The van der Waals surface area contributed by atoms with Crippen LogP contribution in [-0.2, 0) is 4.79 Å². The van der Waals surface area contributed by atoms with Gasteiger partial charge in [-0.1, -0.05) is 28.1 Å². The molecule has 1 aromatic carbocycles. The van der Waals surface area contributed by atoms with Crippen molar-refractivity contribution in [2.24, 2.45) is 5.92 Å². The Kier molecular flexibility index (Phi) is 3.52. The van der Waals surface area contributed by atoms with Crippen molar-refractivity contribution < 1.29 is 9.90 Å². The molecule has 1 aliphatic carbocycles. The Bertz CT molecular complexity index is 622. The zero-order valence-electron chi connectivity index (χ0n) is 10.6. The summed E-state index contributed by atoms with van der Waals surface area (Å²) in [6, 6.07) is 7.49. The van der Waals surface area contributed by atoms with Crippen LogP contribution >= 0.6 is 15.9 Å². The van der Waals surface area contributed by atoms with Crippen LogP contribution in [0.25, 0.3) is 11.4 Å². The quantitative estimate of drug-likeness (QED) is 0.907. The molecule has 1 atom stereocenters. The van der Waals surface area contributed by atoms with Crippen LogP contribution in [0.3, 0.4) is 0 Å². The van der Waals surface area contributed by atoms with Gasteiger partial charge in [0.2, 0.25) is 0 Å². The summed E-state index contributed by atoms with van der Waals surface area (Å²) in [4.78, 5) is 11.0. The number of carbonyl (C=O) groups is 1. The maximum Gasteiger partial charge on any atom is 0.305 e. The van der Waals surface area contributed by atoms with Gasteiger partial charge < -0.3 is 5.11 Å². The van der Waals surface area contributed by atoms with Crippen LogP contribution in [0.15, 0.2) is 28.7 Å². The highest BCUT2D eigenvalue weighted by Gasteiger charge is 2.36. The van der Waals surface area contributed by atoms with Gasteiger partial charge in [0, 0.05) is 10.0 Å². The van der Waals surface area contributed by atoms with Crippen LogP contribution in [0.2, 0.25) is 0 Å². The molecule has 0 aliphatic heterocycles. The number of nitrogens with zero attached hydrogens (tertiary/aromatic N) is 4. The number of carboxylic acid groups (broad SMARTS) is 1. The molecular weight excluding hydrogens is 324 g/mol. The molecule has 1 fully saturated rings. The van der Waals surface area contributed by atoms with Crippen LogP contribution in [0.1, 0.15) is 25.3 Å². The fourth-order valence-electron chi connectivity index (χ4n) is 2.32. The molecule has 3 rings (SSSR count). The lowest BCUT2D eigenvalue weighted by atomic mass is 10.1. The summed E-state index contributed by atoms with van der Waals surface area (Å²) >= 11 is 3.39. The van der Waals surface area contributed by atoms with Gasteiger partial charge in [0.1, 0.15) is 0 Å². The summed E-state index contributed by atoms with van der Waals surface area (Å²) in [5, 5.41) is 20.8. The third kappa shape index (κ3) is 2.72. The number of tetrazole rings is 1.